The molecule has 0 spiro atoms. The number of rotatable bonds is 2. The molecule has 0 bridgehead atoms. The van der Waals surface area contributed by atoms with Gasteiger partial charge in [-0.1, -0.05) is 19.8 Å². The lowest BCUT2D eigenvalue weighted by Crippen LogP contribution is -2.55. The number of hydrogen-bond acceptors (Lipinski definition) is 3. The summed E-state index contributed by atoms with van der Waals surface area (Å²) < 4.78 is 5.64. The van der Waals surface area contributed by atoms with Crippen LogP contribution in [0.5, 0.6) is 0 Å². The van der Waals surface area contributed by atoms with E-state index in [-0.39, 0.29) is 0 Å². The van der Waals surface area contributed by atoms with Crippen LogP contribution in [0.3, 0.4) is 0 Å². The van der Waals surface area contributed by atoms with Gasteiger partial charge in [-0.25, -0.2) is 0 Å². The topological polar surface area (TPSA) is 38.5 Å². The Morgan fingerprint density at radius 3 is 2.62 bits per heavy atom. The lowest BCUT2D eigenvalue weighted by molar-refractivity contribution is -0.0246. The maximum absolute atomic E-state index is 6.18. The summed E-state index contributed by atoms with van der Waals surface area (Å²) in [7, 11) is 1.86. The summed E-state index contributed by atoms with van der Waals surface area (Å²) in [4.78, 5) is 2.58. The van der Waals surface area contributed by atoms with Gasteiger partial charge in [-0.15, -0.1) is 0 Å². The molecule has 2 fully saturated rings. The highest BCUT2D eigenvalue weighted by atomic mass is 16.5. The molecular weight excluding hydrogens is 200 g/mol. The second-order valence-electron chi connectivity index (χ2n) is 5.55. The summed E-state index contributed by atoms with van der Waals surface area (Å²) >= 11 is 0. The molecule has 0 radical (unpaired) electrons. The minimum Gasteiger partial charge on any atom is -0.380 e. The second kappa shape index (κ2) is 5.48. The molecule has 0 aromatic rings. The number of nitrogens with zero attached hydrogens (tertiary/aromatic N) is 1. The Labute approximate surface area is 99.3 Å². The van der Waals surface area contributed by atoms with E-state index >= 15 is 0 Å². The molecule has 2 rings (SSSR count). The molecule has 2 aliphatic rings. The van der Waals surface area contributed by atoms with E-state index in [0.29, 0.717) is 24.1 Å². The number of piperidine rings is 1. The van der Waals surface area contributed by atoms with Gasteiger partial charge < -0.3 is 10.5 Å². The molecule has 1 heterocycles. The van der Waals surface area contributed by atoms with Gasteiger partial charge in [0.1, 0.15) is 0 Å². The third-order valence-electron chi connectivity index (χ3n) is 4.49. The van der Waals surface area contributed by atoms with Crippen LogP contribution >= 0.6 is 0 Å². The fourth-order valence-electron chi connectivity index (χ4n) is 3.20. The number of likely N-dealkylation sites (tertiary alicyclic amines) is 1. The highest BCUT2D eigenvalue weighted by Gasteiger charge is 2.34. The van der Waals surface area contributed by atoms with E-state index in [1.165, 1.54) is 38.6 Å². The van der Waals surface area contributed by atoms with Crippen molar-refractivity contribution in [2.75, 3.05) is 20.2 Å². The van der Waals surface area contributed by atoms with Crippen molar-refractivity contribution in [3.8, 4) is 0 Å². The van der Waals surface area contributed by atoms with E-state index in [0.717, 1.165) is 6.54 Å². The summed E-state index contributed by atoms with van der Waals surface area (Å²) in [5, 5.41) is 0. The van der Waals surface area contributed by atoms with Gasteiger partial charge >= 0.3 is 0 Å². The van der Waals surface area contributed by atoms with Crippen molar-refractivity contribution in [3.63, 3.8) is 0 Å². The Balaban J connectivity index is 1.95. The first kappa shape index (κ1) is 12.3. The Morgan fingerprint density at radius 2 is 1.94 bits per heavy atom. The van der Waals surface area contributed by atoms with Gasteiger partial charge in [-0.2, -0.15) is 0 Å². The number of methoxy groups -OCH3 is 1. The second-order valence-corrected chi connectivity index (χ2v) is 5.55. The molecule has 0 aromatic heterocycles. The average molecular weight is 226 g/mol. The van der Waals surface area contributed by atoms with E-state index in [9.17, 15) is 0 Å². The maximum atomic E-state index is 6.18. The van der Waals surface area contributed by atoms with Crippen molar-refractivity contribution >= 4 is 0 Å². The van der Waals surface area contributed by atoms with Crippen LogP contribution in [0.15, 0.2) is 0 Å². The molecule has 1 aliphatic heterocycles. The third-order valence-corrected chi connectivity index (χ3v) is 4.49. The van der Waals surface area contributed by atoms with Crippen LogP contribution in [0.2, 0.25) is 0 Å². The van der Waals surface area contributed by atoms with Crippen LogP contribution in [-0.2, 0) is 4.74 Å². The van der Waals surface area contributed by atoms with Gasteiger partial charge in [0.2, 0.25) is 0 Å². The van der Waals surface area contributed by atoms with Crippen molar-refractivity contribution < 1.29 is 4.74 Å². The molecule has 16 heavy (non-hydrogen) atoms. The molecule has 0 amide bonds. The van der Waals surface area contributed by atoms with Crippen molar-refractivity contribution in [1.82, 2.24) is 4.90 Å². The molecule has 1 aliphatic carbocycles. The smallest absolute Gasteiger partial charge is 0.0726 e. The zero-order valence-electron chi connectivity index (χ0n) is 10.7. The first-order valence-electron chi connectivity index (χ1n) is 6.74. The van der Waals surface area contributed by atoms with Crippen molar-refractivity contribution in [1.29, 1.82) is 0 Å². The molecule has 1 saturated carbocycles. The van der Waals surface area contributed by atoms with Crippen LogP contribution in [0.25, 0.3) is 0 Å². The average Bonchev–Trinajstić information content (AvgIpc) is 2.32. The number of nitrogens with two attached hydrogens (primary N) is 1. The largest absolute Gasteiger partial charge is 0.380 e. The van der Waals surface area contributed by atoms with Gasteiger partial charge in [0, 0.05) is 25.7 Å². The molecular formula is C13H26N2O. The fourth-order valence-corrected chi connectivity index (χ4v) is 3.20. The lowest BCUT2D eigenvalue weighted by atomic mass is 9.87. The first-order chi connectivity index (χ1) is 7.72. The van der Waals surface area contributed by atoms with Crippen LogP contribution in [-0.4, -0.2) is 43.3 Å². The van der Waals surface area contributed by atoms with E-state index in [2.05, 4.69) is 11.8 Å². The minimum atomic E-state index is 0.355. The standard InChI is InChI=1S/C13H26N2O/c1-10-7-8-15(9-11(10)14)12-5-3-4-6-13(12)16-2/h10-13H,3-9,14H2,1-2H3. The Hall–Kier alpha value is -0.120. The molecule has 1 saturated heterocycles. The molecule has 0 aromatic carbocycles. The minimum absolute atomic E-state index is 0.355. The van der Waals surface area contributed by atoms with Gasteiger partial charge in [0.25, 0.3) is 0 Å². The van der Waals surface area contributed by atoms with E-state index in [4.69, 9.17) is 10.5 Å². The molecule has 3 nitrogen and oxygen atoms in total. The van der Waals surface area contributed by atoms with Crippen molar-refractivity contribution in [2.45, 2.75) is 57.2 Å². The monoisotopic (exact) mass is 226 g/mol. The summed E-state index contributed by atoms with van der Waals surface area (Å²) in [6.45, 7) is 4.54. The zero-order chi connectivity index (χ0) is 11.5. The summed E-state index contributed by atoms with van der Waals surface area (Å²) in [5.74, 6) is 0.681. The van der Waals surface area contributed by atoms with E-state index < -0.39 is 0 Å². The predicted molar refractivity (Wildman–Crippen MR) is 66.4 cm³/mol. The van der Waals surface area contributed by atoms with Crippen LogP contribution < -0.4 is 5.73 Å². The van der Waals surface area contributed by atoms with Gasteiger partial charge in [0.05, 0.1) is 6.10 Å². The number of ether oxygens (including phenoxy) is 1. The Morgan fingerprint density at radius 1 is 1.19 bits per heavy atom. The molecule has 4 atom stereocenters. The normalized spacial score (nSPS) is 42.2. The predicted octanol–water partition coefficient (Wildman–Crippen LogP) is 1.61. The summed E-state index contributed by atoms with van der Waals surface area (Å²) in [5.41, 5.74) is 6.18. The van der Waals surface area contributed by atoms with Crippen LogP contribution in [0.1, 0.15) is 39.0 Å². The summed E-state index contributed by atoms with van der Waals surface area (Å²) in [6, 6.07) is 0.977. The SMILES string of the molecule is COC1CCCCC1N1CCC(C)C(N)C1. The van der Waals surface area contributed by atoms with Gasteiger partial charge in [0.15, 0.2) is 0 Å². The van der Waals surface area contributed by atoms with E-state index in [1.54, 1.807) is 0 Å². The molecule has 4 unspecified atom stereocenters. The first-order valence-corrected chi connectivity index (χ1v) is 6.74. The zero-order valence-corrected chi connectivity index (χ0v) is 10.7. The Kier molecular flexibility index (Phi) is 4.22. The van der Waals surface area contributed by atoms with Gasteiger partial charge in [-0.05, 0) is 31.7 Å². The number of hydrogen-bond donors (Lipinski definition) is 1. The summed E-state index contributed by atoms with van der Waals surface area (Å²) in [6.07, 6.45) is 6.88. The van der Waals surface area contributed by atoms with Crippen molar-refractivity contribution in [3.05, 3.63) is 0 Å². The fraction of sp³-hybridized carbons (Fsp3) is 1.00. The Bertz CT molecular complexity index is 222. The van der Waals surface area contributed by atoms with Crippen LogP contribution in [0, 0.1) is 5.92 Å². The maximum Gasteiger partial charge on any atom is 0.0726 e. The van der Waals surface area contributed by atoms with Crippen LogP contribution in [0.4, 0.5) is 0 Å². The lowest BCUT2D eigenvalue weighted by Gasteiger charge is -2.44. The van der Waals surface area contributed by atoms with Crippen molar-refractivity contribution in [2.24, 2.45) is 11.7 Å². The molecule has 2 N–H and O–H groups in total. The highest BCUT2D eigenvalue weighted by Crippen LogP contribution is 2.28. The molecule has 94 valence electrons. The molecule has 3 heteroatoms. The quantitative estimate of drug-likeness (QED) is 0.777. The van der Waals surface area contributed by atoms with Gasteiger partial charge in [-0.3, -0.25) is 4.90 Å². The van der Waals surface area contributed by atoms with E-state index in [1.807, 2.05) is 7.11 Å². The third kappa shape index (κ3) is 2.58. The highest BCUT2D eigenvalue weighted by molar-refractivity contribution is 4.89.